The van der Waals surface area contributed by atoms with E-state index in [9.17, 15) is 34.5 Å². The van der Waals surface area contributed by atoms with Crippen LogP contribution in [0.25, 0.3) is 0 Å². The zero-order chi connectivity index (χ0) is 22.2. The van der Waals surface area contributed by atoms with Crippen molar-refractivity contribution in [2.24, 2.45) is 11.7 Å². The highest BCUT2D eigenvalue weighted by molar-refractivity contribution is 5.94. The van der Waals surface area contributed by atoms with E-state index in [0.717, 1.165) is 0 Å². The van der Waals surface area contributed by atoms with Gasteiger partial charge in [-0.1, -0.05) is 13.8 Å². The minimum Gasteiger partial charge on any atom is -0.480 e. The van der Waals surface area contributed by atoms with Crippen molar-refractivity contribution in [2.75, 3.05) is 6.61 Å². The van der Waals surface area contributed by atoms with Gasteiger partial charge in [-0.3, -0.25) is 14.4 Å². The number of aliphatic carboxylic acids is 1. The van der Waals surface area contributed by atoms with Crippen molar-refractivity contribution in [1.82, 2.24) is 16.0 Å². The summed E-state index contributed by atoms with van der Waals surface area (Å²) in [5, 5.41) is 44.0. The molecule has 0 aromatic heterocycles. The van der Waals surface area contributed by atoms with Crippen LogP contribution in [0.1, 0.15) is 27.7 Å². The van der Waals surface area contributed by atoms with Crippen LogP contribution in [0.4, 0.5) is 0 Å². The summed E-state index contributed by atoms with van der Waals surface area (Å²) in [6, 6.07) is -5.64. The Morgan fingerprint density at radius 1 is 0.821 bits per heavy atom. The van der Waals surface area contributed by atoms with Gasteiger partial charge in [-0.2, -0.15) is 0 Å². The number of amides is 3. The molecular formula is C16H30N4O8. The summed E-state index contributed by atoms with van der Waals surface area (Å²) in [6.07, 6.45) is -2.60. The second-order valence-electron chi connectivity index (χ2n) is 6.81. The van der Waals surface area contributed by atoms with Gasteiger partial charge in [0, 0.05) is 0 Å². The third-order valence-corrected chi connectivity index (χ3v) is 3.93. The average Bonchev–Trinajstić information content (AvgIpc) is 2.59. The monoisotopic (exact) mass is 406 g/mol. The van der Waals surface area contributed by atoms with Gasteiger partial charge < -0.3 is 42.1 Å². The van der Waals surface area contributed by atoms with E-state index >= 15 is 0 Å². The minimum atomic E-state index is -1.53. The average molecular weight is 406 g/mol. The van der Waals surface area contributed by atoms with E-state index in [1.165, 1.54) is 13.8 Å². The van der Waals surface area contributed by atoms with Gasteiger partial charge in [0.2, 0.25) is 17.7 Å². The van der Waals surface area contributed by atoms with Crippen molar-refractivity contribution in [2.45, 2.75) is 64.1 Å². The molecule has 0 aromatic rings. The van der Waals surface area contributed by atoms with Gasteiger partial charge in [0.15, 0.2) is 0 Å². The quantitative estimate of drug-likeness (QED) is 0.169. The topological polar surface area (TPSA) is 211 Å². The predicted octanol–water partition coefficient (Wildman–Crippen LogP) is -3.74. The molecular weight excluding hydrogens is 376 g/mol. The van der Waals surface area contributed by atoms with Crippen LogP contribution in [0.2, 0.25) is 0 Å². The molecule has 0 bridgehead atoms. The molecule has 6 atom stereocenters. The molecule has 12 heteroatoms. The molecule has 6 unspecified atom stereocenters. The molecule has 0 rings (SSSR count). The van der Waals surface area contributed by atoms with Crippen LogP contribution in [-0.4, -0.2) is 87.1 Å². The minimum absolute atomic E-state index is 0.456. The van der Waals surface area contributed by atoms with Gasteiger partial charge >= 0.3 is 5.97 Å². The molecule has 0 spiro atoms. The number of nitrogens with two attached hydrogens (primary N) is 1. The maximum absolute atomic E-state index is 12.3. The standard InChI is InChI=1S/C16H30N4O8/c1-6(2)11(16(27)28)19-13(24)9(5-21)18-15(26)12(8(4)23)20-14(25)10(17)7(3)22/h6-12,21-23H,5,17H2,1-4H3,(H,18,26)(H,19,24)(H,20,25)(H,27,28). The molecule has 0 saturated heterocycles. The van der Waals surface area contributed by atoms with Crippen molar-refractivity contribution in [3.05, 3.63) is 0 Å². The summed E-state index contributed by atoms with van der Waals surface area (Å²) in [5.41, 5.74) is 5.46. The smallest absolute Gasteiger partial charge is 0.326 e. The van der Waals surface area contributed by atoms with E-state index in [-0.39, 0.29) is 0 Å². The Balaban J connectivity index is 5.18. The van der Waals surface area contributed by atoms with Crippen LogP contribution in [0.3, 0.4) is 0 Å². The summed E-state index contributed by atoms with van der Waals surface area (Å²) < 4.78 is 0. The van der Waals surface area contributed by atoms with Gasteiger partial charge in [-0.15, -0.1) is 0 Å². The molecule has 0 aliphatic heterocycles. The Morgan fingerprint density at radius 2 is 1.32 bits per heavy atom. The number of carboxylic acid groups (broad SMARTS) is 1. The normalized spacial score (nSPS) is 17.6. The van der Waals surface area contributed by atoms with Crippen LogP contribution >= 0.6 is 0 Å². The van der Waals surface area contributed by atoms with Crippen molar-refractivity contribution in [3.8, 4) is 0 Å². The highest BCUT2D eigenvalue weighted by Crippen LogP contribution is 2.03. The summed E-state index contributed by atoms with van der Waals surface area (Å²) in [5.74, 6) is -4.61. The zero-order valence-corrected chi connectivity index (χ0v) is 16.2. The number of carbonyl (C=O) groups excluding carboxylic acids is 3. The van der Waals surface area contributed by atoms with E-state index in [1.54, 1.807) is 13.8 Å². The largest absolute Gasteiger partial charge is 0.480 e. The lowest BCUT2D eigenvalue weighted by Gasteiger charge is -2.26. The lowest BCUT2D eigenvalue weighted by molar-refractivity contribution is -0.144. The Hall–Kier alpha value is -2.28. The molecule has 0 aromatic carbocycles. The first-order valence-electron chi connectivity index (χ1n) is 8.69. The van der Waals surface area contributed by atoms with Crippen molar-refractivity contribution >= 4 is 23.7 Å². The third kappa shape index (κ3) is 7.76. The molecule has 0 radical (unpaired) electrons. The highest BCUT2D eigenvalue weighted by Gasteiger charge is 2.33. The van der Waals surface area contributed by atoms with Crippen molar-refractivity contribution in [1.29, 1.82) is 0 Å². The number of hydrogen-bond donors (Lipinski definition) is 8. The molecule has 0 aliphatic rings. The molecule has 12 nitrogen and oxygen atoms in total. The first-order valence-corrected chi connectivity index (χ1v) is 8.69. The number of rotatable bonds is 11. The van der Waals surface area contributed by atoms with Gasteiger partial charge in [-0.25, -0.2) is 4.79 Å². The fourth-order valence-electron chi connectivity index (χ4n) is 2.10. The SMILES string of the molecule is CC(C)C(NC(=O)C(CO)NC(=O)C(NC(=O)C(N)C(C)O)C(C)O)C(=O)O. The Labute approximate surface area is 162 Å². The number of nitrogens with one attached hydrogen (secondary N) is 3. The second-order valence-corrected chi connectivity index (χ2v) is 6.81. The number of aliphatic hydroxyl groups is 3. The maximum atomic E-state index is 12.3. The fraction of sp³-hybridized carbons (Fsp3) is 0.750. The lowest BCUT2D eigenvalue weighted by atomic mass is 10.0. The van der Waals surface area contributed by atoms with E-state index in [0.29, 0.717) is 0 Å². The number of carboxylic acids is 1. The van der Waals surface area contributed by atoms with Gasteiger partial charge in [0.25, 0.3) is 0 Å². The summed E-state index contributed by atoms with van der Waals surface area (Å²) in [6.45, 7) is 4.74. The van der Waals surface area contributed by atoms with E-state index in [2.05, 4.69) is 16.0 Å². The molecule has 28 heavy (non-hydrogen) atoms. The number of carbonyl (C=O) groups is 4. The molecule has 0 saturated carbocycles. The lowest BCUT2D eigenvalue weighted by Crippen LogP contribution is -2.61. The van der Waals surface area contributed by atoms with Crippen LogP contribution < -0.4 is 21.7 Å². The zero-order valence-electron chi connectivity index (χ0n) is 16.2. The van der Waals surface area contributed by atoms with Crippen molar-refractivity contribution < 1.29 is 39.6 Å². The van der Waals surface area contributed by atoms with Crippen LogP contribution in [0.5, 0.6) is 0 Å². The number of aliphatic hydroxyl groups excluding tert-OH is 3. The van der Waals surface area contributed by atoms with Crippen molar-refractivity contribution in [3.63, 3.8) is 0 Å². The third-order valence-electron chi connectivity index (χ3n) is 3.93. The highest BCUT2D eigenvalue weighted by atomic mass is 16.4. The summed E-state index contributed by atoms with van der Waals surface area (Å²) in [7, 11) is 0. The summed E-state index contributed by atoms with van der Waals surface area (Å²) >= 11 is 0. The first kappa shape index (κ1) is 25.7. The molecule has 0 heterocycles. The van der Waals surface area contributed by atoms with Crippen LogP contribution in [0, 0.1) is 5.92 Å². The van der Waals surface area contributed by atoms with Gasteiger partial charge in [-0.05, 0) is 19.8 Å². The van der Waals surface area contributed by atoms with E-state index < -0.39 is 72.6 Å². The van der Waals surface area contributed by atoms with Gasteiger partial charge in [0.05, 0.1) is 18.8 Å². The molecule has 3 amide bonds. The number of hydrogen-bond acceptors (Lipinski definition) is 8. The predicted molar refractivity (Wildman–Crippen MR) is 96.7 cm³/mol. The van der Waals surface area contributed by atoms with E-state index in [1.807, 2.05) is 0 Å². The molecule has 162 valence electrons. The Morgan fingerprint density at radius 3 is 1.68 bits per heavy atom. The Kier molecular flexibility index (Phi) is 10.6. The van der Waals surface area contributed by atoms with Crippen LogP contribution in [0.15, 0.2) is 0 Å². The second kappa shape index (κ2) is 11.5. The fourth-order valence-corrected chi connectivity index (χ4v) is 2.10. The molecule has 0 fully saturated rings. The Bertz CT molecular complexity index is 567. The molecule has 0 aliphatic carbocycles. The molecule has 9 N–H and O–H groups in total. The first-order chi connectivity index (χ1) is 12.8. The van der Waals surface area contributed by atoms with Gasteiger partial charge in [0.1, 0.15) is 24.2 Å². The summed E-state index contributed by atoms with van der Waals surface area (Å²) in [4.78, 5) is 47.6. The maximum Gasteiger partial charge on any atom is 0.326 e. The van der Waals surface area contributed by atoms with E-state index in [4.69, 9.17) is 10.8 Å². The van der Waals surface area contributed by atoms with Crippen LogP contribution in [-0.2, 0) is 19.2 Å².